The number of hydrogen-bond donors (Lipinski definition) is 2. The third-order valence-electron chi connectivity index (χ3n) is 5.23. The number of hydrogen-bond acceptors (Lipinski definition) is 6. The number of carbonyl (C=O) groups is 3. The van der Waals surface area contributed by atoms with Crippen molar-refractivity contribution in [3.8, 4) is 0 Å². The van der Waals surface area contributed by atoms with Crippen LogP contribution in [0.2, 0.25) is 0 Å². The molecule has 0 fully saturated rings. The van der Waals surface area contributed by atoms with E-state index < -0.39 is 24.4 Å². The molecule has 2 amide bonds. The largest absolute Gasteiger partial charge is 0.452 e. The lowest BCUT2D eigenvalue weighted by atomic mass is 9.96. The quantitative estimate of drug-likeness (QED) is 0.614. The van der Waals surface area contributed by atoms with Gasteiger partial charge in [-0.05, 0) is 37.4 Å². The second-order valence-corrected chi connectivity index (χ2v) is 7.48. The van der Waals surface area contributed by atoms with E-state index in [1.807, 2.05) is 31.3 Å². The highest BCUT2D eigenvalue weighted by molar-refractivity contribution is 6.06. The Balaban J connectivity index is 1.51. The SMILES string of the molecule is CN1CCc2nc3ccccc3c(C(=O)OCC(=O)Nc3ccc(C(N)=O)cc3)c2C1. The number of aromatic nitrogens is 1. The fourth-order valence-electron chi connectivity index (χ4n) is 3.68. The zero-order valence-electron chi connectivity index (χ0n) is 17.1. The average molecular weight is 418 g/mol. The van der Waals surface area contributed by atoms with E-state index >= 15 is 0 Å². The molecular weight excluding hydrogens is 396 g/mol. The number of nitrogens with zero attached hydrogens (tertiary/aromatic N) is 2. The number of fused-ring (bicyclic) bond motifs is 2. The number of likely N-dealkylation sites (N-methyl/N-ethyl adjacent to an activating group) is 1. The molecule has 0 unspecified atom stereocenters. The van der Waals surface area contributed by atoms with Crippen molar-refractivity contribution < 1.29 is 19.1 Å². The van der Waals surface area contributed by atoms with Crippen LogP contribution in [0.1, 0.15) is 32.0 Å². The molecule has 158 valence electrons. The van der Waals surface area contributed by atoms with Gasteiger partial charge in [-0.3, -0.25) is 14.6 Å². The lowest BCUT2D eigenvalue weighted by Crippen LogP contribution is -2.30. The third-order valence-corrected chi connectivity index (χ3v) is 5.23. The lowest BCUT2D eigenvalue weighted by Gasteiger charge is -2.26. The van der Waals surface area contributed by atoms with Gasteiger partial charge in [-0.25, -0.2) is 4.79 Å². The van der Waals surface area contributed by atoms with Gasteiger partial charge in [-0.1, -0.05) is 18.2 Å². The molecule has 0 saturated heterocycles. The van der Waals surface area contributed by atoms with E-state index in [2.05, 4.69) is 10.2 Å². The van der Waals surface area contributed by atoms with Gasteiger partial charge in [0.2, 0.25) is 5.91 Å². The molecule has 4 rings (SSSR count). The Kier molecular flexibility index (Phi) is 5.64. The molecule has 0 radical (unpaired) electrons. The minimum atomic E-state index is -0.552. The Morgan fingerprint density at radius 2 is 1.87 bits per heavy atom. The first-order chi connectivity index (χ1) is 14.9. The number of amides is 2. The smallest absolute Gasteiger partial charge is 0.339 e. The predicted molar refractivity (Wildman–Crippen MR) is 116 cm³/mol. The topological polar surface area (TPSA) is 115 Å². The van der Waals surface area contributed by atoms with Crippen LogP contribution in [0.15, 0.2) is 48.5 Å². The van der Waals surface area contributed by atoms with Gasteiger partial charge in [0, 0.05) is 47.4 Å². The molecule has 8 nitrogen and oxygen atoms in total. The zero-order chi connectivity index (χ0) is 22.0. The summed E-state index contributed by atoms with van der Waals surface area (Å²) in [5.41, 5.74) is 8.95. The van der Waals surface area contributed by atoms with E-state index in [1.165, 1.54) is 12.1 Å². The second kappa shape index (κ2) is 8.53. The van der Waals surface area contributed by atoms with Gasteiger partial charge in [-0.2, -0.15) is 0 Å². The summed E-state index contributed by atoms with van der Waals surface area (Å²) < 4.78 is 5.36. The van der Waals surface area contributed by atoms with E-state index in [0.717, 1.165) is 29.7 Å². The van der Waals surface area contributed by atoms with Crippen molar-refractivity contribution in [2.24, 2.45) is 5.73 Å². The molecule has 31 heavy (non-hydrogen) atoms. The molecule has 2 aromatic carbocycles. The van der Waals surface area contributed by atoms with Crippen LogP contribution in [0.25, 0.3) is 10.9 Å². The highest BCUT2D eigenvalue weighted by Gasteiger charge is 2.25. The highest BCUT2D eigenvalue weighted by Crippen LogP contribution is 2.28. The lowest BCUT2D eigenvalue weighted by molar-refractivity contribution is -0.119. The molecular formula is C23H22N4O4. The molecule has 1 aliphatic rings. The zero-order valence-corrected chi connectivity index (χ0v) is 17.1. The maximum absolute atomic E-state index is 13.0. The standard InChI is InChI=1S/C23H22N4O4/c1-27-11-10-19-17(12-27)21(16-4-2-3-5-18(16)26-19)23(30)31-13-20(28)25-15-8-6-14(7-9-15)22(24)29/h2-9H,10-13H2,1H3,(H2,24,29)(H,25,28). The first-order valence-electron chi connectivity index (χ1n) is 9.88. The van der Waals surface area contributed by atoms with E-state index in [0.29, 0.717) is 28.7 Å². The summed E-state index contributed by atoms with van der Waals surface area (Å²) in [5, 5.41) is 3.34. The summed E-state index contributed by atoms with van der Waals surface area (Å²) in [5.74, 6) is -1.58. The number of pyridine rings is 1. The van der Waals surface area contributed by atoms with Crippen molar-refractivity contribution in [1.29, 1.82) is 0 Å². The van der Waals surface area contributed by atoms with Gasteiger partial charge in [0.05, 0.1) is 11.1 Å². The first kappa shape index (κ1) is 20.5. The highest BCUT2D eigenvalue weighted by atomic mass is 16.5. The Morgan fingerprint density at radius 3 is 2.61 bits per heavy atom. The Labute approximate surface area is 179 Å². The van der Waals surface area contributed by atoms with Gasteiger partial charge in [0.15, 0.2) is 6.61 Å². The summed E-state index contributed by atoms with van der Waals surface area (Å²) >= 11 is 0. The van der Waals surface area contributed by atoms with Gasteiger partial charge in [0.1, 0.15) is 0 Å². The molecule has 3 N–H and O–H groups in total. The number of ether oxygens (including phenoxy) is 1. The fraction of sp³-hybridized carbons (Fsp3) is 0.217. The van der Waals surface area contributed by atoms with Crippen molar-refractivity contribution >= 4 is 34.4 Å². The first-order valence-corrected chi connectivity index (χ1v) is 9.88. The van der Waals surface area contributed by atoms with E-state index in [9.17, 15) is 14.4 Å². The molecule has 0 bridgehead atoms. The van der Waals surface area contributed by atoms with Gasteiger partial charge < -0.3 is 20.7 Å². The van der Waals surface area contributed by atoms with Gasteiger partial charge in [0.25, 0.3) is 5.91 Å². The summed E-state index contributed by atoms with van der Waals surface area (Å²) in [4.78, 5) is 43.3. The van der Waals surface area contributed by atoms with Crippen LogP contribution >= 0.6 is 0 Å². The predicted octanol–water partition coefficient (Wildman–Crippen LogP) is 2.12. The molecule has 3 aromatic rings. The Bertz CT molecular complexity index is 1170. The number of benzene rings is 2. The van der Waals surface area contributed by atoms with Crippen LogP contribution < -0.4 is 11.1 Å². The van der Waals surface area contributed by atoms with Crippen molar-refractivity contribution in [1.82, 2.24) is 9.88 Å². The molecule has 0 aliphatic carbocycles. The fourth-order valence-corrected chi connectivity index (χ4v) is 3.68. The molecule has 0 spiro atoms. The van der Waals surface area contributed by atoms with Crippen molar-refractivity contribution in [2.75, 3.05) is 25.5 Å². The number of para-hydroxylation sites is 1. The summed E-state index contributed by atoms with van der Waals surface area (Å²) in [6.07, 6.45) is 0.749. The molecule has 0 saturated carbocycles. The number of esters is 1. The van der Waals surface area contributed by atoms with Gasteiger partial charge in [-0.15, -0.1) is 0 Å². The van der Waals surface area contributed by atoms with Gasteiger partial charge >= 0.3 is 5.97 Å². The monoisotopic (exact) mass is 418 g/mol. The number of nitrogens with one attached hydrogen (secondary N) is 1. The normalized spacial score (nSPS) is 13.5. The number of nitrogens with two attached hydrogens (primary N) is 1. The minimum absolute atomic E-state index is 0.337. The van der Waals surface area contributed by atoms with Crippen molar-refractivity contribution in [2.45, 2.75) is 13.0 Å². The summed E-state index contributed by atoms with van der Waals surface area (Å²) in [7, 11) is 1.99. The minimum Gasteiger partial charge on any atom is -0.452 e. The van der Waals surface area contributed by atoms with Crippen LogP contribution in [0, 0.1) is 0 Å². The van der Waals surface area contributed by atoms with Crippen LogP contribution in [0.4, 0.5) is 5.69 Å². The molecule has 1 aromatic heterocycles. The maximum Gasteiger partial charge on any atom is 0.339 e. The molecule has 2 heterocycles. The van der Waals surface area contributed by atoms with Crippen LogP contribution in [-0.2, 0) is 22.5 Å². The summed E-state index contributed by atoms with van der Waals surface area (Å²) in [6.45, 7) is 1.03. The van der Waals surface area contributed by atoms with Crippen molar-refractivity contribution in [3.05, 3.63) is 70.9 Å². The van der Waals surface area contributed by atoms with E-state index in [4.69, 9.17) is 15.5 Å². The third kappa shape index (κ3) is 4.39. The Hall–Kier alpha value is -3.78. The second-order valence-electron chi connectivity index (χ2n) is 7.48. The maximum atomic E-state index is 13.0. The molecule has 0 atom stereocenters. The van der Waals surface area contributed by atoms with E-state index in [1.54, 1.807) is 12.1 Å². The Morgan fingerprint density at radius 1 is 1.13 bits per heavy atom. The number of anilines is 1. The van der Waals surface area contributed by atoms with Crippen LogP contribution in [-0.4, -0.2) is 47.9 Å². The number of carbonyl (C=O) groups excluding carboxylic acids is 3. The van der Waals surface area contributed by atoms with Crippen LogP contribution in [0.3, 0.4) is 0 Å². The molecule has 8 heteroatoms. The number of primary amides is 1. The van der Waals surface area contributed by atoms with Crippen LogP contribution in [0.5, 0.6) is 0 Å². The summed E-state index contributed by atoms with van der Waals surface area (Å²) in [6, 6.07) is 13.6. The molecule has 1 aliphatic heterocycles. The number of rotatable bonds is 5. The van der Waals surface area contributed by atoms with E-state index in [-0.39, 0.29) is 0 Å². The van der Waals surface area contributed by atoms with Crippen molar-refractivity contribution in [3.63, 3.8) is 0 Å². The average Bonchev–Trinajstić information content (AvgIpc) is 2.76.